The summed E-state index contributed by atoms with van der Waals surface area (Å²) in [7, 11) is -3.58. The largest absolute Gasteiger partial charge is 0.325 e. The Morgan fingerprint density at radius 1 is 1.00 bits per heavy atom. The lowest BCUT2D eigenvalue weighted by atomic mass is 9.97. The van der Waals surface area contributed by atoms with E-state index in [0.29, 0.717) is 30.8 Å². The molecule has 30 heavy (non-hydrogen) atoms. The molecule has 5 nitrogen and oxygen atoms in total. The van der Waals surface area contributed by atoms with Gasteiger partial charge in [0, 0.05) is 23.5 Å². The Morgan fingerprint density at radius 2 is 1.70 bits per heavy atom. The number of anilines is 1. The van der Waals surface area contributed by atoms with Crippen LogP contribution >= 0.6 is 15.9 Å². The molecule has 1 aliphatic rings. The lowest BCUT2D eigenvalue weighted by molar-refractivity contribution is -0.120. The van der Waals surface area contributed by atoms with Crippen molar-refractivity contribution in [3.8, 4) is 0 Å². The molecule has 0 spiro atoms. The summed E-state index contributed by atoms with van der Waals surface area (Å²) in [6, 6.07) is 18.7. The van der Waals surface area contributed by atoms with E-state index in [1.54, 1.807) is 12.1 Å². The van der Waals surface area contributed by atoms with Crippen LogP contribution in [0.1, 0.15) is 18.4 Å². The van der Waals surface area contributed by atoms with Crippen molar-refractivity contribution < 1.29 is 13.2 Å². The minimum atomic E-state index is -3.58. The normalized spacial score (nSPS) is 15.9. The van der Waals surface area contributed by atoms with Crippen LogP contribution in [0.4, 0.5) is 5.69 Å². The predicted molar refractivity (Wildman–Crippen MR) is 123 cm³/mol. The summed E-state index contributed by atoms with van der Waals surface area (Å²) in [5, 5.41) is 4.87. The van der Waals surface area contributed by atoms with E-state index in [2.05, 4.69) is 21.2 Å². The molecular formula is C23H23BrN2O3S. The lowest BCUT2D eigenvalue weighted by Gasteiger charge is -2.30. The molecule has 0 bridgehead atoms. The highest BCUT2D eigenvalue weighted by Crippen LogP contribution is 2.28. The fourth-order valence-electron chi connectivity index (χ4n) is 3.79. The second kappa shape index (κ2) is 8.49. The number of carbonyl (C=O) groups excluding carboxylic acids is 1. The van der Waals surface area contributed by atoms with Gasteiger partial charge < -0.3 is 5.32 Å². The van der Waals surface area contributed by atoms with Crippen LogP contribution in [-0.2, 0) is 14.8 Å². The van der Waals surface area contributed by atoms with E-state index in [1.165, 1.54) is 4.31 Å². The van der Waals surface area contributed by atoms with Crippen molar-refractivity contribution >= 4 is 48.3 Å². The average molecular weight is 487 g/mol. The summed E-state index contributed by atoms with van der Waals surface area (Å²) in [6.07, 6.45) is 1.00. The Hall–Kier alpha value is -2.22. The highest BCUT2D eigenvalue weighted by molar-refractivity contribution is 9.10. The van der Waals surface area contributed by atoms with Gasteiger partial charge in [0.1, 0.15) is 0 Å². The maximum atomic E-state index is 13.1. The van der Waals surface area contributed by atoms with Crippen molar-refractivity contribution in [2.45, 2.75) is 24.7 Å². The number of halogens is 1. The third kappa shape index (κ3) is 4.29. The zero-order valence-corrected chi connectivity index (χ0v) is 19.0. The van der Waals surface area contributed by atoms with Crippen molar-refractivity contribution in [1.29, 1.82) is 0 Å². The minimum absolute atomic E-state index is 0.0673. The summed E-state index contributed by atoms with van der Waals surface area (Å²) in [4.78, 5) is 13.0. The van der Waals surface area contributed by atoms with E-state index in [9.17, 15) is 13.2 Å². The Balaban J connectivity index is 1.43. The Morgan fingerprint density at radius 3 is 2.40 bits per heavy atom. The first-order valence-corrected chi connectivity index (χ1v) is 12.1. The van der Waals surface area contributed by atoms with Gasteiger partial charge in [-0.15, -0.1) is 0 Å². The van der Waals surface area contributed by atoms with Crippen LogP contribution in [0.5, 0.6) is 0 Å². The summed E-state index contributed by atoms with van der Waals surface area (Å²) in [5.41, 5.74) is 1.84. The molecule has 3 aromatic rings. The minimum Gasteiger partial charge on any atom is -0.325 e. The van der Waals surface area contributed by atoms with Gasteiger partial charge in [-0.3, -0.25) is 4.79 Å². The van der Waals surface area contributed by atoms with E-state index in [4.69, 9.17) is 0 Å². The maximum Gasteiger partial charge on any atom is 0.243 e. The molecule has 1 heterocycles. The molecule has 7 heteroatoms. The molecule has 4 rings (SSSR count). The quantitative estimate of drug-likeness (QED) is 0.567. The average Bonchev–Trinajstić information content (AvgIpc) is 2.75. The van der Waals surface area contributed by atoms with Gasteiger partial charge in [-0.05, 0) is 76.3 Å². The van der Waals surface area contributed by atoms with E-state index in [0.717, 1.165) is 26.5 Å². The van der Waals surface area contributed by atoms with E-state index in [1.807, 2.05) is 55.5 Å². The molecule has 0 aliphatic carbocycles. The topological polar surface area (TPSA) is 66.5 Å². The van der Waals surface area contributed by atoms with Crippen LogP contribution in [-0.4, -0.2) is 31.7 Å². The van der Waals surface area contributed by atoms with Crippen LogP contribution in [0.15, 0.2) is 70.0 Å². The third-order valence-corrected chi connectivity index (χ3v) is 8.12. The number of fused-ring (bicyclic) bond motifs is 1. The van der Waals surface area contributed by atoms with Gasteiger partial charge in [-0.25, -0.2) is 8.42 Å². The number of nitrogens with one attached hydrogen (secondary N) is 1. The molecule has 1 fully saturated rings. The van der Waals surface area contributed by atoms with Crippen LogP contribution in [0.3, 0.4) is 0 Å². The molecule has 0 unspecified atom stereocenters. The molecule has 1 saturated heterocycles. The SMILES string of the molecule is Cc1ccc(NC(=O)C2CCN(S(=O)(=O)c3ccc4ccccc4c3)CC2)c(Br)c1. The first-order valence-electron chi connectivity index (χ1n) is 9.90. The van der Waals surface area contributed by atoms with Gasteiger partial charge in [0.15, 0.2) is 0 Å². The standard InChI is InChI=1S/C23H23BrN2O3S/c1-16-6-9-22(21(24)14-16)25-23(27)18-10-12-26(13-11-18)30(28,29)20-8-7-17-4-2-3-5-19(17)15-20/h2-9,14-15,18H,10-13H2,1H3,(H,25,27). The molecule has 1 aliphatic heterocycles. The van der Waals surface area contributed by atoms with Gasteiger partial charge >= 0.3 is 0 Å². The molecule has 0 radical (unpaired) electrons. The molecule has 156 valence electrons. The number of amides is 1. The second-order valence-electron chi connectivity index (χ2n) is 7.66. The molecular weight excluding hydrogens is 464 g/mol. The van der Waals surface area contributed by atoms with E-state index in [-0.39, 0.29) is 11.8 Å². The predicted octanol–water partition coefficient (Wildman–Crippen LogP) is 4.95. The van der Waals surface area contributed by atoms with Crippen molar-refractivity contribution in [2.75, 3.05) is 18.4 Å². The van der Waals surface area contributed by atoms with Crippen molar-refractivity contribution in [3.05, 3.63) is 70.7 Å². The second-order valence-corrected chi connectivity index (χ2v) is 10.5. The molecule has 0 aromatic heterocycles. The smallest absolute Gasteiger partial charge is 0.243 e. The molecule has 1 N–H and O–H groups in total. The van der Waals surface area contributed by atoms with Gasteiger partial charge in [0.05, 0.1) is 10.6 Å². The Kier molecular flexibility index (Phi) is 5.95. The van der Waals surface area contributed by atoms with Gasteiger partial charge in [0.2, 0.25) is 15.9 Å². The number of nitrogens with zero attached hydrogens (tertiary/aromatic N) is 1. The van der Waals surface area contributed by atoms with Gasteiger partial charge in [0.25, 0.3) is 0 Å². The summed E-state index contributed by atoms with van der Waals surface area (Å²) in [5.74, 6) is -0.274. The van der Waals surface area contributed by atoms with Crippen LogP contribution in [0.25, 0.3) is 10.8 Å². The number of carbonyl (C=O) groups is 1. The number of sulfonamides is 1. The molecule has 0 saturated carbocycles. The first-order chi connectivity index (χ1) is 14.3. The summed E-state index contributed by atoms with van der Waals surface area (Å²) >= 11 is 3.48. The van der Waals surface area contributed by atoms with Crippen molar-refractivity contribution in [2.24, 2.45) is 5.92 Å². The fraction of sp³-hybridized carbons (Fsp3) is 0.261. The van der Waals surface area contributed by atoms with Crippen LogP contribution in [0, 0.1) is 12.8 Å². The van der Waals surface area contributed by atoms with Gasteiger partial charge in [-0.1, -0.05) is 36.4 Å². The molecule has 0 atom stereocenters. The van der Waals surface area contributed by atoms with E-state index < -0.39 is 10.0 Å². The number of rotatable bonds is 4. The zero-order chi connectivity index (χ0) is 21.3. The highest BCUT2D eigenvalue weighted by atomic mass is 79.9. The van der Waals surface area contributed by atoms with E-state index >= 15 is 0 Å². The van der Waals surface area contributed by atoms with Crippen LogP contribution < -0.4 is 5.32 Å². The maximum absolute atomic E-state index is 13.1. The van der Waals surface area contributed by atoms with Crippen molar-refractivity contribution in [1.82, 2.24) is 4.31 Å². The number of hydrogen-bond donors (Lipinski definition) is 1. The number of piperidine rings is 1. The monoisotopic (exact) mass is 486 g/mol. The van der Waals surface area contributed by atoms with Gasteiger partial charge in [-0.2, -0.15) is 4.31 Å². The Labute approximate surface area is 185 Å². The first kappa shape index (κ1) is 21.0. The summed E-state index contributed by atoms with van der Waals surface area (Å²) < 4.78 is 28.5. The summed E-state index contributed by atoms with van der Waals surface area (Å²) in [6.45, 7) is 2.66. The van der Waals surface area contributed by atoms with Crippen molar-refractivity contribution in [3.63, 3.8) is 0 Å². The number of aryl methyl sites for hydroxylation is 1. The lowest BCUT2D eigenvalue weighted by Crippen LogP contribution is -2.41. The Bertz CT molecular complexity index is 1200. The highest BCUT2D eigenvalue weighted by Gasteiger charge is 2.32. The zero-order valence-electron chi connectivity index (χ0n) is 16.6. The molecule has 1 amide bonds. The number of benzene rings is 3. The molecule has 3 aromatic carbocycles. The fourth-order valence-corrected chi connectivity index (χ4v) is 5.89. The third-order valence-electron chi connectivity index (χ3n) is 5.57. The van der Waals surface area contributed by atoms with Crippen LogP contribution in [0.2, 0.25) is 0 Å². The number of hydrogen-bond acceptors (Lipinski definition) is 3.